The summed E-state index contributed by atoms with van der Waals surface area (Å²) in [5.41, 5.74) is -1.24. The van der Waals surface area contributed by atoms with Gasteiger partial charge in [0.15, 0.2) is 0 Å². The Morgan fingerprint density at radius 2 is 1.83 bits per heavy atom. The first-order chi connectivity index (χ1) is 20.0. The molecule has 0 radical (unpaired) electrons. The molecule has 3 N–H and O–H groups in total. The van der Waals surface area contributed by atoms with Gasteiger partial charge in [-0.15, -0.1) is 0 Å². The van der Waals surface area contributed by atoms with Gasteiger partial charge in [-0.2, -0.15) is 0 Å². The third-order valence-electron chi connectivity index (χ3n) is 9.69. The highest BCUT2D eigenvalue weighted by molar-refractivity contribution is 6.33. The van der Waals surface area contributed by atoms with Crippen molar-refractivity contribution in [2.24, 2.45) is 23.7 Å². The largest absolute Gasteiger partial charge is 0.494 e. The summed E-state index contributed by atoms with van der Waals surface area (Å²) in [5, 5.41) is 16.8. The first-order valence-corrected chi connectivity index (χ1v) is 15.1. The van der Waals surface area contributed by atoms with Gasteiger partial charge >= 0.3 is 0 Å². The van der Waals surface area contributed by atoms with E-state index < -0.39 is 41.0 Å². The van der Waals surface area contributed by atoms with E-state index in [1.165, 1.54) is 4.90 Å². The minimum Gasteiger partial charge on any atom is -0.494 e. The lowest BCUT2D eigenvalue weighted by Crippen LogP contribution is -2.57. The number of aliphatic hydroxyl groups is 1. The Kier molecular flexibility index (Phi) is 8.31. The first-order valence-electron chi connectivity index (χ1n) is 14.7. The summed E-state index contributed by atoms with van der Waals surface area (Å²) in [5.74, 6) is -2.44. The van der Waals surface area contributed by atoms with Crippen LogP contribution in [0.3, 0.4) is 0 Å². The number of ether oxygens (including phenoxy) is 2. The summed E-state index contributed by atoms with van der Waals surface area (Å²) in [6.45, 7) is 9.89. The van der Waals surface area contributed by atoms with Crippen molar-refractivity contribution in [2.75, 3.05) is 23.8 Å². The Bertz CT molecular complexity index is 1350. The highest BCUT2D eigenvalue weighted by atomic mass is 35.5. The highest BCUT2D eigenvalue weighted by Gasteiger charge is 2.80. The minimum atomic E-state index is -1.25. The lowest BCUT2D eigenvalue weighted by molar-refractivity contribution is -0.149. The molecule has 8 atom stereocenters. The second-order valence-corrected chi connectivity index (χ2v) is 12.4. The van der Waals surface area contributed by atoms with Crippen LogP contribution in [-0.2, 0) is 19.1 Å². The number of fused-ring (bicyclic) bond motifs is 1. The SMILES string of the molecule is CCOc1ccc(NC(=O)[C@@H]2[C@H]3C(=O)N([C@@H](CO)[C@@H](C)CC)C(C(=O)Nc4ccccc4Cl)C34CC(C)[C@@]2(C)O4)cc1. The number of aliphatic hydroxyl groups excluding tert-OH is 1. The minimum absolute atomic E-state index is 0.105. The topological polar surface area (TPSA) is 117 Å². The molecular weight excluding hydrogens is 558 g/mol. The van der Waals surface area contributed by atoms with E-state index in [1.54, 1.807) is 48.5 Å². The van der Waals surface area contributed by atoms with Crippen LogP contribution in [0.25, 0.3) is 0 Å². The van der Waals surface area contributed by atoms with Gasteiger partial charge < -0.3 is 30.1 Å². The maximum absolute atomic E-state index is 14.5. The molecule has 9 nitrogen and oxygen atoms in total. The number of nitrogens with zero attached hydrogens (tertiary/aromatic N) is 1. The molecule has 1 spiro atoms. The molecule has 42 heavy (non-hydrogen) atoms. The van der Waals surface area contributed by atoms with E-state index in [0.717, 1.165) is 0 Å². The average Bonchev–Trinajstić information content (AvgIpc) is 3.48. The fraction of sp³-hybridized carbons (Fsp3) is 0.531. The van der Waals surface area contributed by atoms with Gasteiger partial charge in [-0.25, -0.2) is 0 Å². The van der Waals surface area contributed by atoms with Gasteiger partial charge in [0.1, 0.15) is 17.4 Å². The molecule has 2 aromatic rings. The number of nitrogens with one attached hydrogen (secondary N) is 2. The number of likely N-dealkylation sites (tertiary alicyclic amines) is 1. The van der Waals surface area contributed by atoms with E-state index in [-0.39, 0.29) is 30.3 Å². The Labute approximate surface area is 251 Å². The molecule has 2 bridgehead atoms. The molecule has 3 amide bonds. The first kappa shape index (κ1) is 30.3. The number of benzene rings is 2. The lowest BCUT2D eigenvalue weighted by atomic mass is 9.62. The number of hydrogen-bond acceptors (Lipinski definition) is 6. The van der Waals surface area contributed by atoms with Crippen LogP contribution in [0.15, 0.2) is 48.5 Å². The standard InChI is InChI=1S/C32H40ClN3O6/c1-6-18(3)24(17-37)36-27(29(39)35-23-11-9-8-10-22(23)33)32-16-19(4)31(5,42-32)25(26(32)30(36)40)28(38)34-20-12-14-21(15-13-20)41-7-2/h8-15,18-19,24-27,37H,6-7,16-17H2,1-5H3,(H,34,38)(H,35,39)/t18-,19?,24-,25-,26-,27?,31+,32?/m0/s1. The number of halogens is 1. The molecule has 5 rings (SSSR count). The quantitative estimate of drug-likeness (QED) is 0.364. The van der Waals surface area contributed by atoms with E-state index in [9.17, 15) is 19.5 Å². The van der Waals surface area contributed by atoms with Crippen molar-refractivity contribution in [1.82, 2.24) is 4.90 Å². The predicted octanol–water partition coefficient (Wildman–Crippen LogP) is 4.73. The third kappa shape index (κ3) is 4.75. The van der Waals surface area contributed by atoms with Crippen LogP contribution in [0, 0.1) is 23.7 Å². The molecule has 3 unspecified atom stereocenters. The Hall–Kier alpha value is -3.14. The highest BCUT2D eigenvalue weighted by Crippen LogP contribution is 2.65. The molecular formula is C32H40ClN3O6. The third-order valence-corrected chi connectivity index (χ3v) is 10.0. The van der Waals surface area contributed by atoms with Gasteiger partial charge in [-0.1, -0.05) is 50.9 Å². The second-order valence-electron chi connectivity index (χ2n) is 12.0. The van der Waals surface area contributed by atoms with Gasteiger partial charge in [0, 0.05) is 5.69 Å². The van der Waals surface area contributed by atoms with Crippen molar-refractivity contribution in [3.05, 3.63) is 53.6 Å². The van der Waals surface area contributed by atoms with E-state index in [0.29, 0.717) is 41.6 Å². The number of carbonyl (C=O) groups is 3. The van der Waals surface area contributed by atoms with Crippen LogP contribution in [0.2, 0.25) is 5.02 Å². The fourth-order valence-corrected chi connectivity index (χ4v) is 7.52. The Morgan fingerprint density at radius 1 is 1.14 bits per heavy atom. The molecule has 3 aliphatic rings. The Morgan fingerprint density at radius 3 is 2.45 bits per heavy atom. The predicted molar refractivity (Wildman–Crippen MR) is 160 cm³/mol. The number of carbonyl (C=O) groups excluding carboxylic acids is 3. The van der Waals surface area contributed by atoms with Crippen molar-refractivity contribution >= 4 is 40.7 Å². The van der Waals surface area contributed by atoms with E-state index in [4.69, 9.17) is 21.1 Å². The number of amides is 3. The van der Waals surface area contributed by atoms with E-state index >= 15 is 0 Å². The molecule has 3 heterocycles. The maximum Gasteiger partial charge on any atom is 0.250 e. The molecule has 0 aliphatic carbocycles. The normalized spacial score (nSPS) is 31.0. The molecule has 3 fully saturated rings. The number of hydrogen-bond donors (Lipinski definition) is 3. The van der Waals surface area contributed by atoms with Crippen molar-refractivity contribution in [3.63, 3.8) is 0 Å². The van der Waals surface area contributed by atoms with Crippen LogP contribution in [-0.4, -0.2) is 64.2 Å². The van der Waals surface area contributed by atoms with Crippen LogP contribution in [0.4, 0.5) is 11.4 Å². The number of anilines is 2. The zero-order valence-electron chi connectivity index (χ0n) is 24.7. The molecule has 3 aliphatic heterocycles. The zero-order chi connectivity index (χ0) is 30.4. The monoisotopic (exact) mass is 597 g/mol. The van der Waals surface area contributed by atoms with Crippen molar-refractivity contribution in [3.8, 4) is 5.75 Å². The summed E-state index contributed by atoms with van der Waals surface area (Å²) in [7, 11) is 0. The fourth-order valence-electron chi connectivity index (χ4n) is 7.33. The summed E-state index contributed by atoms with van der Waals surface area (Å²) >= 11 is 6.38. The van der Waals surface area contributed by atoms with Gasteiger partial charge in [0.25, 0.3) is 0 Å². The molecule has 10 heteroatoms. The van der Waals surface area contributed by atoms with Crippen LogP contribution < -0.4 is 15.4 Å². The molecule has 0 saturated carbocycles. The van der Waals surface area contributed by atoms with Gasteiger partial charge in [-0.05, 0) is 68.5 Å². The maximum atomic E-state index is 14.5. The van der Waals surface area contributed by atoms with Crippen LogP contribution in [0.1, 0.15) is 47.5 Å². The smallest absolute Gasteiger partial charge is 0.250 e. The summed E-state index contributed by atoms with van der Waals surface area (Å²) in [6.07, 6.45) is 1.10. The van der Waals surface area contributed by atoms with Gasteiger partial charge in [0.05, 0.1) is 47.4 Å². The number of rotatable bonds is 10. The van der Waals surface area contributed by atoms with Crippen LogP contribution in [0.5, 0.6) is 5.75 Å². The van der Waals surface area contributed by atoms with Crippen molar-refractivity contribution in [1.29, 1.82) is 0 Å². The molecule has 0 aromatic heterocycles. The Balaban J connectivity index is 1.55. The van der Waals surface area contributed by atoms with Crippen LogP contribution >= 0.6 is 11.6 Å². The second kappa shape index (κ2) is 11.5. The number of para-hydroxylation sites is 1. The van der Waals surface area contributed by atoms with Gasteiger partial charge in [-0.3, -0.25) is 14.4 Å². The molecule has 2 aromatic carbocycles. The van der Waals surface area contributed by atoms with Gasteiger partial charge in [0.2, 0.25) is 17.7 Å². The van der Waals surface area contributed by atoms with Crippen molar-refractivity contribution < 1.29 is 29.0 Å². The molecule has 3 saturated heterocycles. The zero-order valence-corrected chi connectivity index (χ0v) is 25.5. The summed E-state index contributed by atoms with van der Waals surface area (Å²) in [6, 6.07) is 12.3. The van der Waals surface area contributed by atoms with Crippen molar-refractivity contribution in [2.45, 2.75) is 70.7 Å². The van der Waals surface area contributed by atoms with E-state index in [1.807, 2.05) is 34.6 Å². The summed E-state index contributed by atoms with van der Waals surface area (Å²) < 4.78 is 12.3. The summed E-state index contributed by atoms with van der Waals surface area (Å²) in [4.78, 5) is 44.2. The van der Waals surface area contributed by atoms with E-state index in [2.05, 4.69) is 10.6 Å². The molecule has 226 valence electrons. The lowest BCUT2D eigenvalue weighted by Gasteiger charge is -2.39. The average molecular weight is 598 g/mol.